The number of nitrogens with zero attached hydrogens (tertiary/aromatic N) is 1. The molecular formula is C11H16ClF3N2O. The van der Waals surface area contributed by atoms with Gasteiger partial charge >= 0.3 is 6.18 Å². The highest BCUT2D eigenvalue weighted by atomic mass is 35.5. The van der Waals surface area contributed by atoms with E-state index in [-0.39, 0.29) is 24.3 Å². The first-order valence-electron chi connectivity index (χ1n) is 5.21. The molecule has 1 rings (SSSR count). The van der Waals surface area contributed by atoms with Crippen LogP contribution in [0.3, 0.4) is 0 Å². The van der Waals surface area contributed by atoms with Crippen LogP contribution in [-0.4, -0.2) is 17.8 Å². The molecule has 0 bridgehead atoms. The second-order valence-corrected chi connectivity index (χ2v) is 3.89. The van der Waals surface area contributed by atoms with Gasteiger partial charge < -0.3 is 10.5 Å². The summed E-state index contributed by atoms with van der Waals surface area (Å²) in [6.07, 6.45) is -3.68. The van der Waals surface area contributed by atoms with Gasteiger partial charge in [-0.3, -0.25) is 0 Å². The van der Waals surface area contributed by atoms with Crippen LogP contribution in [0.15, 0.2) is 12.3 Å². The van der Waals surface area contributed by atoms with Crippen molar-refractivity contribution in [3.05, 3.63) is 23.4 Å². The van der Waals surface area contributed by atoms with Crippen LogP contribution >= 0.6 is 12.4 Å². The predicted octanol–water partition coefficient (Wildman–Crippen LogP) is 3.16. The molecule has 1 aromatic heterocycles. The van der Waals surface area contributed by atoms with Gasteiger partial charge in [-0.25, -0.2) is 4.98 Å². The Morgan fingerprint density at radius 1 is 1.44 bits per heavy atom. The molecule has 0 aliphatic heterocycles. The van der Waals surface area contributed by atoms with Gasteiger partial charge in [-0.15, -0.1) is 12.4 Å². The number of pyridine rings is 1. The summed E-state index contributed by atoms with van der Waals surface area (Å²) in [5.74, 6) is 0.221. The molecule has 7 heteroatoms. The van der Waals surface area contributed by atoms with E-state index in [1.165, 1.54) is 6.20 Å². The Balaban J connectivity index is 0.00000289. The van der Waals surface area contributed by atoms with E-state index in [2.05, 4.69) is 4.98 Å². The van der Waals surface area contributed by atoms with Gasteiger partial charge in [-0.2, -0.15) is 13.2 Å². The third kappa shape index (κ3) is 5.55. The molecule has 0 spiro atoms. The van der Waals surface area contributed by atoms with Crippen molar-refractivity contribution in [2.75, 3.05) is 6.61 Å². The van der Waals surface area contributed by atoms with Crippen LogP contribution in [0.4, 0.5) is 13.2 Å². The van der Waals surface area contributed by atoms with Crippen molar-refractivity contribution < 1.29 is 17.9 Å². The van der Waals surface area contributed by atoms with Gasteiger partial charge in [0.1, 0.15) is 0 Å². The molecule has 1 aromatic rings. The molecule has 1 atom stereocenters. The minimum absolute atomic E-state index is 0. The molecule has 0 amide bonds. The third-order valence-electron chi connectivity index (χ3n) is 2.20. The molecule has 1 unspecified atom stereocenters. The Hall–Kier alpha value is -1.01. The molecule has 0 aliphatic rings. The molecule has 0 saturated heterocycles. The van der Waals surface area contributed by atoms with Crippen molar-refractivity contribution in [2.24, 2.45) is 5.73 Å². The fourth-order valence-corrected chi connectivity index (χ4v) is 1.25. The summed E-state index contributed by atoms with van der Waals surface area (Å²) in [7, 11) is 0. The van der Waals surface area contributed by atoms with Gasteiger partial charge in [0.2, 0.25) is 5.88 Å². The van der Waals surface area contributed by atoms with E-state index in [1.54, 1.807) is 19.9 Å². The Morgan fingerprint density at radius 2 is 2.06 bits per heavy atom. The van der Waals surface area contributed by atoms with Gasteiger partial charge in [0, 0.05) is 17.8 Å². The molecule has 0 aromatic carbocycles. The standard InChI is InChI=1S/C11H15F3N2O.ClH/c1-7-5-9(8(2)15)6-16-10(7)17-4-3-11(12,13)14;/h5-6,8H,3-4,15H2,1-2H3;1H. The minimum Gasteiger partial charge on any atom is -0.477 e. The highest BCUT2D eigenvalue weighted by molar-refractivity contribution is 5.85. The Morgan fingerprint density at radius 3 is 2.50 bits per heavy atom. The predicted molar refractivity (Wildman–Crippen MR) is 65.0 cm³/mol. The highest BCUT2D eigenvalue weighted by Crippen LogP contribution is 2.22. The number of hydrogen-bond donors (Lipinski definition) is 1. The van der Waals surface area contributed by atoms with E-state index >= 15 is 0 Å². The van der Waals surface area contributed by atoms with Gasteiger partial charge in [0.05, 0.1) is 13.0 Å². The largest absolute Gasteiger partial charge is 0.477 e. The van der Waals surface area contributed by atoms with Crippen LogP contribution < -0.4 is 10.5 Å². The number of halogens is 4. The zero-order valence-corrected chi connectivity index (χ0v) is 10.9. The highest BCUT2D eigenvalue weighted by Gasteiger charge is 2.27. The van der Waals surface area contributed by atoms with Gasteiger partial charge in [0.25, 0.3) is 0 Å². The van der Waals surface area contributed by atoms with Crippen molar-refractivity contribution >= 4 is 12.4 Å². The Kier molecular flexibility index (Phi) is 6.42. The Bertz CT molecular complexity index is 383. The molecule has 104 valence electrons. The van der Waals surface area contributed by atoms with E-state index < -0.39 is 19.2 Å². The lowest BCUT2D eigenvalue weighted by atomic mass is 10.1. The Labute approximate surface area is 110 Å². The number of rotatable bonds is 4. The topological polar surface area (TPSA) is 48.1 Å². The molecule has 18 heavy (non-hydrogen) atoms. The molecule has 0 fully saturated rings. The summed E-state index contributed by atoms with van der Waals surface area (Å²) in [4.78, 5) is 3.95. The van der Waals surface area contributed by atoms with Crippen molar-refractivity contribution in [3.8, 4) is 5.88 Å². The molecule has 3 nitrogen and oxygen atoms in total. The average molecular weight is 285 g/mol. The summed E-state index contributed by atoms with van der Waals surface area (Å²) in [5.41, 5.74) is 7.17. The maximum absolute atomic E-state index is 11.9. The van der Waals surface area contributed by atoms with Crippen LogP contribution in [0.2, 0.25) is 0 Å². The van der Waals surface area contributed by atoms with Crippen molar-refractivity contribution in [1.82, 2.24) is 4.98 Å². The molecule has 0 saturated carbocycles. The fourth-order valence-electron chi connectivity index (χ4n) is 1.25. The van der Waals surface area contributed by atoms with Crippen molar-refractivity contribution in [1.29, 1.82) is 0 Å². The maximum atomic E-state index is 11.9. The molecule has 2 N–H and O–H groups in total. The van der Waals surface area contributed by atoms with Crippen molar-refractivity contribution in [3.63, 3.8) is 0 Å². The lowest BCUT2D eigenvalue weighted by Crippen LogP contribution is -2.14. The summed E-state index contributed by atoms with van der Waals surface area (Å²) in [5, 5.41) is 0. The summed E-state index contributed by atoms with van der Waals surface area (Å²) in [6, 6.07) is 1.60. The van der Waals surface area contributed by atoms with Crippen LogP contribution in [0.1, 0.15) is 30.5 Å². The molecule has 0 radical (unpaired) electrons. The average Bonchev–Trinajstić information content (AvgIpc) is 2.18. The monoisotopic (exact) mass is 284 g/mol. The lowest BCUT2D eigenvalue weighted by molar-refractivity contribution is -0.139. The molecule has 1 heterocycles. The second-order valence-electron chi connectivity index (χ2n) is 3.89. The number of aryl methyl sites for hydroxylation is 1. The van der Waals surface area contributed by atoms with Gasteiger partial charge in [-0.1, -0.05) is 0 Å². The zero-order valence-electron chi connectivity index (χ0n) is 10.1. The number of hydrogen-bond acceptors (Lipinski definition) is 3. The first-order chi connectivity index (χ1) is 7.79. The number of alkyl halides is 3. The maximum Gasteiger partial charge on any atom is 0.392 e. The third-order valence-corrected chi connectivity index (χ3v) is 2.20. The first kappa shape index (κ1) is 17.0. The number of ether oxygens (including phenoxy) is 1. The SMILES string of the molecule is Cc1cc(C(C)N)cnc1OCCC(F)(F)F.Cl. The summed E-state index contributed by atoms with van der Waals surface area (Å²) >= 11 is 0. The van der Waals surface area contributed by atoms with Crippen LogP contribution in [0.25, 0.3) is 0 Å². The van der Waals surface area contributed by atoms with Crippen molar-refractivity contribution in [2.45, 2.75) is 32.5 Å². The molecular weight excluding hydrogens is 269 g/mol. The minimum atomic E-state index is -4.21. The van der Waals surface area contributed by atoms with E-state index in [0.717, 1.165) is 5.56 Å². The van der Waals surface area contributed by atoms with Crippen LogP contribution in [0.5, 0.6) is 5.88 Å². The molecule has 0 aliphatic carbocycles. The summed E-state index contributed by atoms with van der Waals surface area (Å²) in [6.45, 7) is 3.11. The van der Waals surface area contributed by atoms with E-state index in [0.29, 0.717) is 5.56 Å². The van der Waals surface area contributed by atoms with Crippen LogP contribution in [0, 0.1) is 6.92 Å². The zero-order chi connectivity index (χ0) is 13.1. The van der Waals surface area contributed by atoms with Gasteiger partial charge in [0.15, 0.2) is 0 Å². The van der Waals surface area contributed by atoms with E-state index in [4.69, 9.17) is 10.5 Å². The van der Waals surface area contributed by atoms with E-state index in [9.17, 15) is 13.2 Å². The quantitative estimate of drug-likeness (QED) is 0.924. The van der Waals surface area contributed by atoms with Crippen LogP contribution in [-0.2, 0) is 0 Å². The summed E-state index contributed by atoms with van der Waals surface area (Å²) < 4.78 is 40.7. The smallest absolute Gasteiger partial charge is 0.392 e. The number of aromatic nitrogens is 1. The fraction of sp³-hybridized carbons (Fsp3) is 0.545. The second kappa shape index (κ2) is 6.80. The lowest BCUT2D eigenvalue weighted by Gasteiger charge is -2.12. The number of nitrogens with two attached hydrogens (primary N) is 1. The van der Waals surface area contributed by atoms with E-state index in [1.807, 2.05) is 0 Å². The first-order valence-corrected chi connectivity index (χ1v) is 5.21. The normalized spacial score (nSPS) is 12.8. The van der Waals surface area contributed by atoms with Gasteiger partial charge in [-0.05, 0) is 25.5 Å².